The second-order valence-electron chi connectivity index (χ2n) is 4.69. The Balaban J connectivity index is 2.68. The normalized spacial score (nSPS) is 11.3. The molecule has 0 amide bonds. The Morgan fingerprint density at radius 1 is 1.30 bits per heavy atom. The Hall–Kier alpha value is -3.22. The Morgan fingerprint density at radius 2 is 2.00 bits per heavy atom. The summed E-state index contributed by atoms with van der Waals surface area (Å²) in [4.78, 5) is 23.9. The van der Waals surface area contributed by atoms with Gasteiger partial charge in [-0.3, -0.25) is 4.79 Å². The van der Waals surface area contributed by atoms with E-state index in [9.17, 15) is 14.9 Å². The molecule has 0 bridgehead atoms. The van der Waals surface area contributed by atoms with Crippen molar-refractivity contribution in [2.75, 3.05) is 13.7 Å². The third-order valence-electron chi connectivity index (χ3n) is 3.29. The Bertz CT molecular complexity index is 857. The van der Waals surface area contributed by atoms with Crippen molar-refractivity contribution in [1.29, 1.82) is 10.5 Å². The lowest BCUT2D eigenvalue weighted by molar-refractivity contribution is -0.116. The summed E-state index contributed by atoms with van der Waals surface area (Å²) in [5.74, 6) is -1.59. The van der Waals surface area contributed by atoms with Crippen LogP contribution in [0.4, 0.5) is 0 Å². The van der Waals surface area contributed by atoms with Crippen LogP contribution in [0.5, 0.6) is 0 Å². The standard InChI is InChI=1S/C17H12N2O4/c1-22-10-14(15(20)9-19)12-7-16(11-5-3-2-4-6-11)23-17(21)13(12)8-18/h2-7,14H,10H2,1H3. The summed E-state index contributed by atoms with van der Waals surface area (Å²) in [5, 5.41) is 18.1. The summed E-state index contributed by atoms with van der Waals surface area (Å²) in [6, 6.07) is 13.5. The molecule has 0 aliphatic heterocycles. The van der Waals surface area contributed by atoms with Crippen molar-refractivity contribution < 1.29 is 13.9 Å². The molecule has 114 valence electrons. The van der Waals surface area contributed by atoms with Crippen LogP contribution in [0.25, 0.3) is 11.3 Å². The SMILES string of the molecule is COCC(C(=O)C#N)c1cc(-c2ccccc2)oc(=O)c1C#N. The van der Waals surface area contributed by atoms with E-state index in [-0.39, 0.29) is 23.5 Å². The zero-order chi connectivity index (χ0) is 16.8. The van der Waals surface area contributed by atoms with Crippen molar-refractivity contribution >= 4 is 5.78 Å². The van der Waals surface area contributed by atoms with Gasteiger partial charge in [-0.05, 0) is 11.6 Å². The predicted molar refractivity (Wildman–Crippen MR) is 80.4 cm³/mol. The van der Waals surface area contributed by atoms with Gasteiger partial charge in [0.25, 0.3) is 0 Å². The van der Waals surface area contributed by atoms with Crippen LogP contribution < -0.4 is 5.63 Å². The van der Waals surface area contributed by atoms with Crippen LogP contribution in [-0.2, 0) is 9.53 Å². The molecule has 23 heavy (non-hydrogen) atoms. The minimum Gasteiger partial charge on any atom is -0.422 e. The fourth-order valence-corrected chi connectivity index (χ4v) is 2.19. The van der Waals surface area contributed by atoms with Gasteiger partial charge in [0.1, 0.15) is 23.5 Å². The number of hydrogen-bond donors (Lipinski definition) is 0. The highest BCUT2D eigenvalue weighted by Crippen LogP contribution is 2.26. The minimum atomic E-state index is -1.02. The minimum absolute atomic E-state index is 0.112. The van der Waals surface area contributed by atoms with Gasteiger partial charge in [0, 0.05) is 12.7 Å². The van der Waals surface area contributed by atoms with Crippen LogP contribution in [0, 0.1) is 22.7 Å². The van der Waals surface area contributed by atoms with E-state index >= 15 is 0 Å². The number of ether oxygens (including phenoxy) is 1. The lowest BCUT2D eigenvalue weighted by Gasteiger charge is -2.13. The number of nitriles is 2. The number of nitrogens with zero attached hydrogens (tertiary/aromatic N) is 2. The maximum absolute atomic E-state index is 12.1. The molecule has 1 atom stereocenters. The molecule has 0 aliphatic rings. The maximum atomic E-state index is 12.1. The summed E-state index contributed by atoms with van der Waals surface area (Å²) >= 11 is 0. The van der Waals surface area contributed by atoms with E-state index in [0.29, 0.717) is 5.56 Å². The highest BCUT2D eigenvalue weighted by Gasteiger charge is 2.26. The molecule has 0 fully saturated rings. The number of carbonyl (C=O) groups is 1. The third kappa shape index (κ3) is 3.34. The van der Waals surface area contributed by atoms with Gasteiger partial charge in [-0.1, -0.05) is 30.3 Å². The van der Waals surface area contributed by atoms with Gasteiger partial charge in [0.15, 0.2) is 0 Å². The fourth-order valence-electron chi connectivity index (χ4n) is 2.19. The first-order chi connectivity index (χ1) is 11.1. The average Bonchev–Trinajstić information content (AvgIpc) is 2.59. The molecule has 1 unspecified atom stereocenters. The van der Waals surface area contributed by atoms with Crippen LogP contribution in [0.2, 0.25) is 0 Å². The summed E-state index contributed by atoms with van der Waals surface area (Å²) in [6.07, 6.45) is 0. The molecular formula is C17H12N2O4. The highest BCUT2D eigenvalue weighted by atomic mass is 16.5. The molecule has 6 heteroatoms. The van der Waals surface area contributed by atoms with Crippen LogP contribution >= 0.6 is 0 Å². The van der Waals surface area contributed by atoms with Crippen molar-refractivity contribution in [3.63, 3.8) is 0 Å². The molecule has 2 rings (SSSR count). The number of ketones is 1. The molecule has 0 saturated heterocycles. The van der Waals surface area contributed by atoms with Crippen LogP contribution in [0.3, 0.4) is 0 Å². The molecule has 0 N–H and O–H groups in total. The summed E-state index contributed by atoms with van der Waals surface area (Å²) in [5.41, 5.74) is -0.391. The maximum Gasteiger partial charge on any atom is 0.354 e. The van der Waals surface area contributed by atoms with Crippen molar-refractivity contribution in [3.05, 3.63) is 57.9 Å². The zero-order valence-electron chi connectivity index (χ0n) is 12.3. The van der Waals surface area contributed by atoms with Gasteiger partial charge in [-0.2, -0.15) is 10.5 Å². The molecule has 0 saturated carbocycles. The fraction of sp³-hybridized carbons (Fsp3) is 0.176. The van der Waals surface area contributed by atoms with Crippen molar-refractivity contribution in [2.24, 2.45) is 0 Å². The molecule has 1 aromatic heterocycles. The first kappa shape index (κ1) is 16.2. The molecule has 1 aromatic carbocycles. The number of hydrogen-bond acceptors (Lipinski definition) is 6. The van der Waals surface area contributed by atoms with E-state index < -0.39 is 17.3 Å². The molecule has 0 spiro atoms. The molecular weight excluding hydrogens is 296 g/mol. The quantitative estimate of drug-likeness (QED) is 0.782. The number of carbonyl (C=O) groups excluding carboxylic acids is 1. The number of benzene rings is 1. The van der Waals surface area contributed by atoms with Gasteiger partial charge in [-0.15, -0.1) is 0 Å². The highest BCUT2D eigenvalue weighted by molar-refractivity contribution is 5.99. The summed E-state index contributed by atoms with van der Waals surface area (Å²) in [7, 11) is 1.37. The van der Waals surface area contributed by atoms with Gasteiger partial charge in [0.2, 0.25) is 5.78 Å². The van der Waals surface area contributed by atoms with Crippen molar-refractivity contribution in [2.45, 2.75) is 5.92 Å². The lowest BCUT2D eigenvalue weighted by Crippen LogP contribution is -2.21. The number of methoxy groups -OCH3 is 1. The molecule has 0 radical (unpaired) electrons. The van der Waals surface area contributed by atoms with Crippen molar-refractivity contribution in [1.82, 2.24) is 0 Å². The van der Waals surface area contributed by atoms with Gasteiger partial charge >= 0.3 is 5.63 Å². The van der Waals surface area contributed by atoms with Crippen LogP contribution in [0.15, 0.2) is 45.6 Å². The number of Topliss-reactive ketones (excluding diaryl/α,β-unsaturated/α-hetero) is 1. The molecule has 2 aromatic rings. The first-order valence-electron chi connectivity index (χ1n) is 6.68. The van der Waals surface area contributed by atoms with Gasteiger partial charge < -0.3 is 9.15 Å². The van der Waals surface area contributed by atoms with Gasteiger partial charge in [0.05, 0.1) is 12.5 Å². The predicted octanol–water partition coefficient (Wildman–Crippen LogP) is 2.00. The monoisotopic (exact) mass is 308 g/mol. The van der Waals surface area contributed by atoms with E-state index in [4.69, 9.17) is 14.4 Å². The lowest BCUT2D eigenvalue weighted by atomic mass is 9.92. The molecule has 1 heterocycles. The second kappa shape index (κ2) is 7.17. The van der Waals surface area contributed by atoms with Crippen molar-refractivity contribution in [3.8, 4) is 23.5 Å². The Labute approximate surface area is 132 Å². The van der Waals surface area contributed by atoms with E-state index in [0.717, 1.165) is 0 Å². The topological polar surface area (TPSA) is 104 Å². The van der Waals surface area contributed by atoms with Crippen LogP contribution in [-0.4, -0.2) is 19.5 Å². The summed E-state index contributed by atoms with van der Waals surface area (Å²) in [6.45, 7) is -0.112. The van der Waals surface area contributed by atoms with E-state index in [1.807, 2.05) is 0 Å². The average molecular weight is 308 g/mol. The van der Waals surface area contributed by atoms with E-state index in [1.165, 1.54) is 19.2 Å². The number of rotatable bonds is 5. The third-order valence-corrected chi connectivity index (χ3v) is 3.29. The van der Waals surface area contributed by atoms with E-state index in [1.54, 1.807) is 36.4 Å². The Kier molecular flexibility index (Phi) is 5.03. The van der Waals surface area contributed by atoms with Gasteiger partial charge in [-0.25, -0.2) is 4.79 Å². The zero-order valence-corrected chi connectivity index (χ0v) is 12.3. The Morgan fingerprint density at radius 3 is 2.57 bits per heavy atom. The van der Waals surface area contributed by atoms with Crippen LogP contribution in [0.1, 0.15) is 17.0 Å². The van der Waals surface area contributed by atoms with E-state index in [2.05, 4.69) is 0 Å². The second-order valence-corrected chi connectivity index (χ2v) is 4.69. The largest absolute Gasteiger partial charge is 0.422 e. The first-order valence-corrected chi connectivity index (χ1v) is 6.68. The smallest absolute Gasteiger partial charge is 0.354 e. The molecule has 0 aliphatic carbocycles. The molecule has 6 nitrogen and oxygen atoms in total. The summed E-state index contributed by atoms with van der Waals surface area (Å²) < 4.78 is 10.1.